The Bertz CT molecular complexity index is 426. The summed E-state index contributed by atoms with van der Waals surface area (Å²) in [5, 5.41) is 3.50. The van der Waals surface area contributed by atoms with Crippen molar-refractivity contribution in [1.82, 2.24) is 0 Å². The molecule has 80 valence electrons. The molecule has 1 N–H and O–H groups in total. The summed E-state index contributed by atoms with van der Waals surface area (Å²) in [7, 11) is -4.01. The molecule has 1 aliphatic rings. The van der Waals surface area contributed by atoms with Gasteiger partial charge < -0.3 is 9.47 Å². The van der Waals surface area contributed by atoms with Gasteiger partial charge in [0.1, 0.15) is 18.5 Å². The third kappa shape index (κ3) is 3.40. The molecule has 0 aliphatic carbocycles. The van der Waals surface area contributed by atoms with Gasteiger partial charge in [-0.25, -0.2) is 0 Å². The van der Waals surface area contributed by atoms with Gasteiger partial charge >= 0.3 is 18.9 Å². The number of fused-ring (bicyclic) bond motifs is 1. The normalized spacial score (nSPS) is 19.4. The molecular formula is C7H9LiO5S2. The van der Waals surface area contributed by atoms with Crippen molar-refractivity contribution in [3.8, 4) is 11.5 Å². The molecule has 0 amide bonds. The van der Waals surface area contributed by atoms with E-state index in [1.807, 2.05) is 0 Å². The molecule has 2 heterocycles. The van der Waals surface area contributed by atoms with Crippen LogP contribution in [0.3, 0.4) is 0 Å². The average Bonchev–Trinajstić information content (AvgIpc) is 2.47. The average molecular weight is 244 g/mol. The van der Waals surface area contributed by atoms with E-state index in [1.54, 1.807) is 10.8 Å². The van der Waals surface area contributed by atoms with Crippen LogP contribution < -0.4 is 9.47 Å². The standard InChI is InChI=1S/C7H8O5S2.Li.H/c8-14(9,10)4-5-1-11-6-2-13-3-7(6)12-5;;/h2-3,5H,1,4H2,(H,8,9,10);;. The molecule has 15 heavy (non-hydrogen) atoms. The summed E-state index contributed by atoms with van der Waals surface area (Å²) in [5.41, 5.74) is 0. The van der Waals surface area contributed by atoms with E-state index in [9.17, 15) is 8.42 Å². The van der Waals surface area contributed by atoms with Crippen LogP contribution in [0.4, 0.5) is 0 Å². The van der Waals surface area contributed by atoms with Gasteiger partial charge in [0.15, 0.2) is 11.5 Å². The van der Waals surface area contributed by atoms with Crippen molar-refractivity contribution in [2.24, 2.45) is 0 Å². The first kappa shape index (κ1) is 12.9. The summed E-state index contributed by atoms with van der Waals surface area (Å²) in [6.07, 6.45) is -0.632. The Labute approximate surface area is 103 Å². The molecule has 5 nitrogen and oxygen atoms in total. The molecule has 8 heteroatoms. The van der Waals surface area contributed by atoms with Crippen LogP contribution in [0.25, 0.3) is 0 Å². The topological polar surface area (TPSA) is 72.8 Å². The van der Waals surface area contributed by atoms with Crippen LogP contribution in [0, 0.1) is 0 Å². The minimum absolute atomic E-state index is 0. The Morgan fingerprint density at radius 2 is 2.13 bits per heavy atom. The second kappa shape index (κ2) is 4.76. The maximum absolute atomic E-state index is 10.6. The van der Waals surface area contributed by atoms with Crippen molar-refractivity contribution in [3.63, 3.8) is 0 Å². The summed E-state index contributed by atoms with van der Waals surface area (Å²) in [5.74, 6) is 0.721. The van der Waals surface area contributed by atoms with E-state index >= 15 is 0 Å². The van der Waals surface area contributed by atoms with Crippen LogP contribution in [0.15, 0.2) is 10.8 Å². The third-order valence-corrected chi connectivity index (χ3v) is 3.20. The van der Waals surface area contributed by atoms with Gasteiger partial charge in [-0.05, 0) is 0 Å². The molecule has 0 fully saturated rings. The van der Waals surface area contributed by atoms with Crippen molar-refractivity contribution in [2.45, 2.75) is 6.10 Å². The van der Waals surface area contributed by atoms with Crippen molar-refractivity contribution < 1.29 is 22.4 Å². The molecule has 0 saturated heterocycles. The van der Waals surface area contributed by atoms with Crippen molar-refractivity contribution in [3.05, 3.63) is 10.8 Å². The van der Waals surface area contributed by atoms with E-state index in [1.165, 1.54) is 11.3 Å². The molecular weight excluding hydrogens is 235 g/mol. The van der Waals surface area contributed by atoms with Gasteiger partial charge in [0.25, 0.3) is 10.1 Å². The molecule has 1 aromatic rings. The summed E-state index contributed by atoms with van der Waals surface area (Å²) in [6.45, 7) is 0.142. The van der Waals surface area contributed by atoms with Crippen LogP contribution in [-0.4, -0.2) is 50.3 Å². The molecule has 0 bridgehead atoms. The molecule has 0 saturated carbocycles. The van der Waals surface area contributed by atoms with E-state index in [0.29, 0.717) is 11.5 Å². The monoisotopic (exact) mass is 244 g/mol. The number of thiophene rings is 1. The molecule has 1 unspecified atom stereocenters. The molecule has 1 aliphatic heterocycles. The van der Waals surface area contributed by atoms with Crippen LogP contribution >= 0.6 is 11.3 Å². The van der Waals surface area contributed by atoms with Gasteiger partial charge in [0.05, 0.1) is 0 Å². The van der Waals surface area contributed by atoms with Crippen LogP contribution in [-0.2, 0) is 10.1 Å². The predicted octanol–water partition coefficient (Wildman–Crippen LogP) is 0.127. The Hall–Kier alpha value is -0.193. The fourth-order valence-corrected chi connectivity index (χ4v) is 2.48. The second-order valence-electron chi connectivity index (χ2n) is 2.90. The molecule has 1 aromatic heterocycles. The zero-order chi connectivity index (χ0) is 10.2. The van der Waals surface area contributed by atoms with Crippen LogP contribution in [0.5, 0.6) is 11.5 Å². The minimum atomic E-state index is -4.01. The van der Waals surface area contributed by atoms with E-state index < -0.39 is 22.0 Å². The molecule has 1 atom stereocenters. The molecule has 2 rings (SSSR count). The fourth-order valence-electron chi connectivity index (χ4n) is 1.18. The van der Waals surface area contributed by atoms with Crippen molar-refractivity contribution in [1.29, 1.82) is 0 Å². The molecule has 0 spiro atoms. The van der Waals surface area contributed by atoms with Gasteiger partial charge in [0.2, 0.25) is 0 Å². The van der Waals surface area contributed by atoms with E-state index in [-0.39, 0.29) is 25.5 Å². The zero-order valence-electron chi connectivity index (χ0n) is 7.04. The van der Waals surface area contributed by atoms with E-state index in [0.717, 1.165) is 0 Å². The fraction of sp³-hybridized carbons (Fsp3) is 0.429. The quantitative estimate of drug-likeness (QED) is 0.591. The maximum atomic E-state index is 10.6. The molecule has 0 radical (unpaired) electrons. The first-order valence-corrected chi connectivity index (χ1v) is 6.40. The molecule has 0 aromatic carbocycles. The van der Waals surface area contributed by atoms with Gasteiger partial charge in [-0.1, -0.05) is 0 Å². The second-order valence-corrected chi connectivity index (χ2v) is 5.14. The van der Waals surface area contributed by atoms with Gasteiger partial charge in [-0.15, -0.1) is 11.3 Å². The van der Waals surface area contributed by atoms with Gasteiger partial charge in [-0.3, -0.25) is 4.55 Å². The van der Waals surface area contributed by atoms with Crippen LogP contribution in [0.2, 0.25) is 0 Å². The van der Waals surface area contributed by atoms with Gasteiger partial charge in [-0.2, -0.15) is 8.42 Å². The zero-order valence-corrected chi connectivity index (χ0v) is 8.68. The Morgan fingerprint density at radius 1 is 1.47 bits per heavy atom. The Morgan fingerprint density at radius 3 is 2.80 bits per heavy atom. The summed E-state index contributed by atoms with van der Waals surface area (Å²) in [4.78, 5) is 0. The Kier molecular flexibility index (Phi) is 4.09. The number of hydrogen-bond acceptors (Lipinski definition) is 5. The van der Waals surface area contributed by atoms with E-state index in [4.69, 9.17) is 14.0 Å². The first-order chi connectivity index (χ1) is 6.54. The number of hydrogen-bond donors (Lipinski definition) is 1. The first-order valence-electron chi connectivity index (χ1n) is 3.85. The van der Waals surface area contributed by atoms with E-state index in [2.05, 4.69) is 0 Å². The Balaban J connectivity index is 0.00000112. The number of ether oxygens (including phenoxy) is 2. The number of rotatable bonds is 2. The third-order valence-electron chi connectivity index (χ3n) is 1.71. The van der Waals surface area contributed by atoms with Crippen molar-refractivity contribution in [2.75, 3.05) is 12.4 Å². The predicted molar refractivity (Wildman–Crippen MR) is 57.8 cm³/mol. The summed E-state index contributed by atoms with van der Waals surface area (Å²) >= 11 is 1.41. The van der Waals surface area contributed by atoms with Crippen molar-refractivity contribution >= 4 is 40.3 Å². The summed E-state index contributed by atoms with van der Waals surface area (Å²) < 4.78 is 40.3. The summed E-state index contributed by atoms with van der Waals surface area (Å²) in [6, 6.07) is 0. The SMILES string of the molecule is O=S(=O)(O)CC1COc2cscc2O1.[LiH]. The van der Waals surface area contributed by atoms with Crippen LogP contribution in [0.1, 0.15) is 0 Å². The van der Waals surface area contributed by atoms with Gasteiger partial charge in [0, 0.05) is 10.8 Å².